The molecule has 0 aromatic heterocycles. The lowest BCUT2D eigenvalue weighted by Crippen LogP contribution is -2.46. The average molecular weight is 319 g/mol. The molecule has 1 aromatic carbocycles. The standard InChI is InChI=1S/C19H23ClO2/c1-2-6-14(13-7-4-3-5-8-13)12-17(21)19-15-9-10-18(22-19)16(20)11-15/h3-5,7-8,14-16,18H,1-2,6,9-12H2. The van der Waals surface area contributed by atoms with Crippen LogP contribution in [0.4, 0.5) is 0 Å². The van der Waals surface area contributed by atoms with Gasteiger partial charge in [-0.25, -0.2) is 0 Å². The van der Waals surface area contributed by atoms with Gasteiger partial charge in [0.2, 0.25) is 0 Å². The number of alkyl halides is 1. The first-order chi connectivity index (χ1) is 10.7. The Balaban J connectivity index is 1.67. The number of hydrogen-bond donors (Lipinski definition) is 0. The SMILES string of the molecule is [CH2]CCC(CC(=O)[C]1OC2CCC1CC2Cl)c1ccccc1. The molecule has 2 radical (unpaired) electrons. The van der Waals surface area contributed by atoms with Gasteiger partial charge in [0, 0.05) is 12.3 Å². The van der Waals surface area contributed by atoms with Crippen molar-refractivity contribution in [2.24, 2.45) is 5.92 Å². The second-order valence-corrected chi connectivity index (χ2v) is 6.98. The molecule has 0 amide bonds. The summed E-state index contributed by atoms with van der Waals surface area (Å²) in [5.41, 5.74) is 1.22. The van der Waals surface area contributed by atoms with Crippen LogP contribution in [0.5, 0.6) is 0 Å². The lowest BCUT2D eigenvalue weighted by molar-refractivity contribution is -0.135. The van der Waals surface area contributed by atoms with Crippen molar-refractivity contribution in [3.8, 4) is 0 Å². The summed E-state index contributed by atoms with van der Waals surface area (Å²) in [5.74, 6) is 0.631. The van der Waals surface area contributed by atoms with Gasteiger partial charge in [-0.3, -0.25) is 4.79 Å². The van der Waals surface area contributed by atoms with Gasteiger partial charge in [-0.05, 0) is 37.2 Å². The zero-order valence-electron chi connectivity index (χ0n) is 12.8. The topological polar surface area (TPSA) is 26.3 Å². The third-order valence-corrected chi connectivity index (χ3v) is 5.35. The highest BCUT2D eigenvalue weighted by molar-refractivity contribution is 6.21. The first-order valence-electron chi connectivity index (χ1n) is 8.24. The molecule has 3 aliphatic rings. The first kappa shape index (κ1) is 16.0. The van der Waals surface area contributed by atoms with Crippen molar-refractivity contribution in [2.45, 2.75) is 55.9 Å². The number of carbonyl (C=O) groups is 1. The molecule has 2 saturated heterocycles. The fourth-order valence-corrected chi connectivity index (χ4v) is 4.09. The minimum Gasteiger partial charge on any atom is -0.359 e. The Hall–Kier alpha value is -0.860. The van der Waals surface area contributed by atoms with Gasteiger partial charge in [-0.1, -0.05) is 43.7 Å². The zero-order valence-corrected chi connectivity index (χ0v) is 13.6. The van der Waals surface area contributed by atoms with E-state index in [1.54, 1.807) is 0 Å². The van der Waals surface area contributed by atoms with Crippen LogP contribution in [-0.4, -0.2) is 17.3 Å². The molecule has 4 unspecified atom stereocenters. The summed E-state index contributed by atoms with van der Waals surface area (Å²) in [6, 6.07) is 10.3. The first-order valence-corrected chi connectivity index (χ1v) is 8.67. The van der Waals surface area contributed by atoms with Crippen LogP contribution in [0.2, 0.25) is 0 Å². The van der Waals surface area contributed by atoms with E-state index in [0.717, 1.165) is 32.1 Å². The van der Waals surface area contributed by atoms with E-state index >= 15 is 0 Å². The van der Waals surface area contributed by atoms with Crippen molar-refractivity contribution >= 4 is 17.4 Å². The average Bonchev–Trinajstić information content (AvgIpc) is 2.55. The summed E-state index contributed by atoms with van der Waals surface area (Å²) < 4.78 is 5.89. The van der Waals surface area contributed by atoms with E-state index in [2.05, 4.69) is 19.1 Å². The predicted molar refractivity (Wildman–Crippen MR) is 88.5 cm³/mol. The zero-order chi connectivity index (χ0) is 15.5. The van der Waals surface area contributed by atoms with Crippen LogP contribution in [0.25, 0.3) is 0 Å². The number of hydrogen-bond acceptors (Lipinski definition) is 2. The molecule has 0 N–H and O–H groups in total. The Morgan fingerprint density at radius 3 is 2.68 bits per heavy atom. The van der Waals surface area contributed by atoms with E-state index in [0.29, 0.717) is 12.5 Å². The maximum atomic E-state index is 12.7. The molecule has 4 atom stereocenters. The normalized spacial score (nSPS) is 29.5. The van der Waals surface area contributed by atoms with E-state index in [-0.39, 0.29) is 29.1 Å². The highest BCUT2D eigenvalue weighted by Crippen LogP contribution is 2.45. The summed E-state index contributed by atoms with van der Waals surface area (Å²) >= 11 is 6.28. The van der Waals surface area contributed by atoms with Gasteiger partial charge >= 0.3 is 0 Å². The molecule has 2 bridgehead atoms. The van der Waals surface area contributed by atoms with Crippen LogP contribution in [0.1, 0.15) is 50.0 Å². The molecule has 4 rings (SSSR count). The maximum Gasteiger partial charge on any atom is 0.169 e. The Morgan fingerprint density at radius 2 is 2.09 bits per heavy atom. The van der Waals surface area contributed by atoms with Gasteiger partial charge in [-0.15, -0.1) is 11.6 Å². The highest BCUT2D eigenvalue weighted by Gasteiger charge is 2.45. The third-order valence-electron chi connectivity index (χ3n) is 4.89. The molecule has 3 fully saturated rings. The molecule has 2 heterocycles. The summed E-state index contributed by atoms with van der Waals surface area (Å²) in [4.78, 5) is 12.7. The molecule has 1 aromatic rings. The number of benzene rings is 1. The largest absolute Gasteiger partial charge is 0.359 e. The highest BCUT2D eigenvalue weighted by atomic mass is 35.5. The fourth-order valence-electron chi connectivity index (χ4n) is 3.69. The van der Waals surface area contributed by atoms with Gasteiger partial charge in [0.1, 0.15) is 0 Å². The van der Waals surface area contributed by atoms with Gasteiger partial charge < -0.3 is 4.74 Å². The van der Waals surface area contributed by atoms with Crippen LogP contribution in [0, 0.1) is 18.9 Å². The molecular weight excluding hydrogens is 296 g/mol. The summed E-state index contributed by atoms with van der Waals surface area (Å²) in [5, 5.41) is 0.0695. The molecule has 22 heavy (non-hydrogen) atoms. The maximum absolute atomic E-state index is 12.7. The molecule has 2 aliphatic heterocycles. The lowest BCUT2D eigenvalue weighted by Gasteiger charge is -2.43. The number of ether oxygens (including phenoxy) is 1. The van der Waals surface area contributed by atoms with Crippen molar-refractivity contribution < 1.29 is 9.53 Å². The summed E-state index contributed by atoms with van der Waals surface area (Å²) in [7, 11) is 0. The molecular formula is C19H23ClO2. The van der Waals surface area contributed by atoms with Crippen molar-refractivity contribution in [1.82, 2.24) is 0 Å². The molecule has 1 saturated carbocycles. The van der Waals surface area contributed by atoms with E-state index < -0.39 is 0 Å². The summed E-state index contributed by atoms with van der Waals surface area (Å²) in [6.45, 7) is 3.95. The quantitative estimate of drug-likeness (QED) is 0.712. The van der Waals surface area contributed by atoms with Crippen molar-refractivity contribution in [1.29, 1.82) is 0 Å². The predicted octanol–water partition coefficient (Wildman–Crippen LogP) is 4.68. The molecule has 1 aliphatic carbocycles. The van der Waals surface area contributed by atoms with Crippen LogP contribution >= 0.6 is 11.6 Å². The Morgan fingerprint density at radius 1 is 1.32 bits per heavy atom. The van der Waals surface area contributed by atoms with Crippen LogP contribution < -0.4 is 0 Å². The second kappa shape index (κ2) is 7.14. The van der Waals surface area contributed by atoms with Crippen LogP contribution in [0.3, 0.4) is 0 Å². The molecule has 0 spiro atoms. The van der Waals surface area contributed by atoms with Crippen molar-refractivity contribution in [3.63, 3.8) is 0 Å². The van der Waals surface area contributed by atoms with E-state index in [1.165, 1.54) is 5.56 Å². The van der Waals surface area contributed by atoms with E-state index in [1.807, 2.05) is 18.2 Å². The van der Waals surface area contributed by atoms with E-state index in [4.69, 9.17) is 16.3 Å². The number of rotatable bonds is 6. The van der Waals surface area contributed by atoms with Gasteiger partial charge in [0.25, 0.3) is 0 Å². The summed E-state index contributed by atoms with van der Waals surface area (Å²) in [6.07, 6.45) is 5.92. The Bertz CT molecular complexity index is 501. The third kappa shape index (κ3) is 3.38. The van der Waals surface area contributed by atoms with Crippen molar-refractivity contribution in [3.05, 3.63) is 48.9 Å². The minimum absolute atomic E-state index is 0.0358. The van der Waals surface area contributed by atoms with Gasteiger partial charge in [0.05, 0.1) is 11.5 Å². The van der Waals surface area contributed by atoms with Crippen molar-refractivity contribution in [2.75, 3.05) is 0 Å². The molecule has 118 valence electrons. The Kier molecular flexibility index (Phi) is 5.20. The number of halogens is 1. The van der Waals surface area contributed by atoms with Crippen LogP contribution in [-0.2, 0) is 9.53 Å². The lowest BCUT2D eigenvalue weighted by atomic mass is 9.76. The second-order valence-electron chi connectivity index (χ2n) is 6.42. The smallest absolute Gasteiger partial charge is 0.169 e. The fraction of sp³-hybridized carbons (Fsp3) is 0.526. The monoisotopic (exact) mass is 318 g/mol. The van der Waals surface area contributed by atoms with Crippen LogP contribution in [0.15, 0.2) is 30.3 Å². The molecule has 2 nitrogen and oxygen atoms in total. The number of fused-ring (bicyclic) bond motifs is 3. The number of carbonyl (C=O) groups excluding carboxylic acids is 1. The van der Waals surface area contributed by atoms with Gasteiger partial charge in [0.15, 0.2) is 11.9 Å². The Labute approximate surface area is 138 Å². The van der Waals surface area contributed by atoms with E-state index in [9.17, 15) is 4.79 Å². The molecule has 3 heteroatoms. The number of ketones is 1. The number of Topliss-reactive ketones (excluding diaryl/α,β-unsaturated/α-hetero) is 1. The minimum atomic E-state index is 0.0358. The van der Waals surface area contributed by atoms with Gasteiger partial charge in [-0.2, -0.15) is 0 Å².